The van der Waals surface area contributed by atoms with Gasteiger partial charge in [0.2, 0.25) is 0 Å². The first kappa shape index (κ1) is 20.2. The molecular formula is C22H25FN4O3. The van der Waals surface area contributed by atoms with Crippen LogP contribution in [0.25, 0.3) is 5.65 Å². The monoisotopic (exact) mass is 412 g/mol. The lowest BCUT2D eigenvalue weighted by Crippen LogP contribution is -2.30. The number of nitrogens with zero attached hydrogens (tertiary/aromatic N) is 3. The van der Waals surface area contributed by atoms with Crippen LogP contribution in [0.1, 0.15) is 39.8 Å². The van der Waals surface area contributed by atoms with Crippen molar-refractivity contribution in [2.75, 3.05) is 32.1 Å². The number of anilines is 1. The van der Waals surface area contributed by atoms with Gasteiger partial charge in [0.1, 0.15) is 11.6 Å². The molecule has 0 saturated carbocycles. The number of rotatable bonds is 5. The normalized spacial score (nSPS) is 15.6. The zero-order valence-electron chi connectivity index (χ0n) is 17.3. The quantitative estimate of drug-likeness (QED) is 0.673. The van der Waals surface area contributed by atoms with E-state index in [0.717, 1.165) is 17.0 Å². The van der Waals surface area contributed by atoms with E-state index in [1.165, 1.54) is 17.0 Å². The average Bonchev–Trinajstić information content (AvgIpc) is 3.02. The van der Waals surface area contributed by atoms with E-state index in [2.05, 4.69) is 10.3 Å². The maximum Gasteiger partial charge on any atom is 0.255 e. The Hall–Kier alpha value is -3.13. The summed E-state index contributed by atoms with van der Waals surface area (Å²) in [6.45, 7) is 4.52. The van der Waals surface area contributed by atoms with E-state index in [1.807, 2.05) is 18.2 Å². The number of hydrogen-bond acceptors (Lipinski definition) is 5. The number of likely N-dealkylation sites (N-methyl/N-ethyl adjacent to an activating group) is 1. The van der Waals surface area contributed by atoms with Gasteiger partial charge in [-0.2, -0.15) is 0 Å². The lowest BCUT2D eigenvalue weighted by atomic mass is 10.00. The first-order valence-electron chi connectivity index (χ1n) is 9.93. The van der Waals surface area contributed by atoms with Gasteiger partial charge in [0, 0.05) is 37.5 Å². The highest BCUT2D eigenvalue weighted by atomic mass is 19.1. The van der Waals surface area contributed by atoms with Crippen molar-refractivity contribution in [3.8, 4) is 5.75 Å². The molecule has 2 aromatic heterocycles. The number of aromatic nitrogens is 2. The summed E-state index contributed by atoms with van der Waals surface area (Å²) < 4.78 is 21.4. The minimum Gasteiger partial charge on any atom is -0.493 e. The average molecular weight is 412 g/mol. The molecule has 0 bridgehead atoms. The number of carbonyl (C=O) groups excluding carboxylic acids is 1. The Balaban J connectivity index is 1.78. The number of fused-ring (bicyclic) bond motifs is 2. The molecule has 1 unspecified atom stereocenters. The fraction of sp³-hybridized carbons (Fsp3) is 0.364. The highest BCUT2D eigenvalue weighted by Gasteiger charge is 2.24. The molecule has 2 N–H and O–H groups in total. The van der Waals surface area contributed by atoms with Crippen LogP contribution >= 0.6 is 0 Å². The highest BCUT2D eigenvalue weighted by Crippen LogP contribution is 2.36. The zero-order chi connectivity index (χ0) is 21.4. The minimum absolute atomic E-state index is 0.108. The third-order valence-electron chi connectivity index (χ3n) is 5.57. The first-order chi connectivity index (χ1) is 14.4. The van der Waals surface area contributed by atoms with Crippen LogP contribution in [0.2, 0.25) is 0 Å². The number of pyridine rings is 1. The Morgan fingerprint density at radius 1 is 1.40 bits per heavy atom. The van der Waals surface area contributed by atoms with Crippen LogP contribution in [0.15, 0.2) is 30.5 Å². The van der Waals surface area contributed by atoms with E-state index in [1.54, 1.807) is 25.4 Å². The zero-order valence-corrected chi connectivity index (χ0v) is 17.3. The van der Waals surface area contributed by atoms with Crippen molar-refractivity contribution in [3.05, 3.63) is 58.8 Å². The molecule has 1 aliphatic heterocycles. The minimum atomic E-state index is -0.321. The SMILES string of the molecule is Cc1nc2c(NC3CCOc4ccc(F)cc43)cc(C(=O)N(C)CCO)cn2c1C. The van der Waals surface area contributed by atoms with Gasteiger partial charge in [-0.1, -0.05) is 0 Å². The van der Waals surface area contributed by atoms with Crippen molar-refractivity contribution >= 4 is 17.2 Å². The molecule has 0 radical (unpaired) electrons. The van der Waals surface area contributed by atoms with Gasteiger partial charge < -0.3 is 24.5 Å². The van der Waals surface area contributed by atoms with Gasteiger partial charge in [0.05, 0.1) is 36.2 Å². The van der Waals surface area contributed by atoms with Crippen LogP contribution in [0.5, 0.6) is 5.75 Å². The molecule has 8 heteroatoms. The molecule has 30 heavy (non-hydrogen) atoms. The van der Waals surface area contributed by atoms with Gasteiger partial charge in [-0.3, -0.25) is 4.79 Å². The number of imidazole rings is 1. The van der Waals surface area contributed by atoms with Crippen LogP contribution in [0, 0.1) is 19.7 Å². The van der Waals surface area contributed by atoms with Gasteiger partial charge in [-0.25, -0.2) is 9.37 Å². The molecular weight excluding hydrogens is 387 g/mol. The molecule has 7 nitrogen and oxygen atoms in total. The Labute approximate surface area is 174 Å². The number of nitrogens with one attached hydrogen (secondary N) is 1. The van der Waals surface area contributed by atoms with Crippen molar-refractivity contribution in [1.82, 2.24) is 14.3 Å². The third-order valence-corrected chi connectivity index (χ3v) is 5.57. The molecule has 1 amide bonds. The van der Waals surface area contributed by atoms with Crippen LogP contribution in [-0.2, 0) is 0 Å². The standard InChI is InChI=1S/C22H25FN4O3/c1-13-14(2)27-12-15(22(29)26(3)7-8-28)10-19(21(27)24-13)25-18-6-9-30-20-5-4-16(23)11-17(18)20/h4-5,10-12,18,25,28H,6-9H2,1-3H3. The second kappa shape index (κ2) is 7.95. The Kier molecular flexibility index (Phi) is 5.34. The summed E-state index contributed by atoms with van der Waals surface area (Å²) in [5, 5.41) is 12.6. The van der Waals surface area contributed by atoms with Crippen molar-refractivity contribution in [1.29, 1.82) is 0 Å². The van der Waals surface area contributed by atoms with E-state index >= 15 is 0 Å². The van der Waals surface area contributed by atoms with Crippen molar-refractivity contribution in [2.24, 2.45) is 0 Å². The molecule has 3 heterocycles. The van der Waals surface area contributed by atoms with E-state index in [0.29, 0.717) is 35.7 Å². The second-order valence-electron chi connectivity index (χ2n) is 7.59. The fourth-order valence-electron chi connectivity index (χ4n) is 3.77. The molecule has 0 aliphatic carbocycles. The molecule has 0 spiro atoms. The lowest BCUT2D eigenvalue weighted by Gasteiger charge is -2.28. The van der Waals surface area contributed by atoms with Crippen LogP contribution < -0.4 is 10.1 Å². The van der Waals surface area contributed by atoms with Crippen LogP contribution in [0.3, 0.4) is 0 Å². The number of ether oxygens (including phenoxy) is 1. The van der Waals surface area contributed by atoms with E-state index in [4.69, 9.17) is 4.74 Å². The molecule has 3 aromatic rings. The molecule has 158 valence electrons. The number of benzene rings is 1. The number of aryl methyl sites for hydroxylation is 2. The number of hydrogen-bond donors (Lipinski definition) is 2. The van der Waals surface area contributed by atoms with Gasteiger partial charge in [-0.05, 0) is 38.1 Å². The predicted molar refractivity (Wildman–Crippen MR) is 112 cm³/mol. The molecule has 4 rings (SSSR count). The summed E-state index contributed by atoms with van der Waals surface area (Å²) in [5.41, 5.74) is 4.42. The molecule has 0 fully saturated rings. The van der Waals surface area contributed by atoms with Crippen LogP contribution in [-0.4, -0.2) is 52.1 Å². The summed E-state index contributed by atoms with van der Waals surface area (Å²) in [6, 6.07) is 6.10. The maximum absolute atomic E-state index is 13.9. The van der Waals surface area contributed by atoms with Gasteiger partial charge >= 0.3 is 0 Å². The smallest absolute Gasteiger partial charge is 0.255 e. The van der Waals surface area contributed by atoms with E-state index in [-0.39, 0.29) is 30.9 Å². The number of aliphatic hydroxyl groups is 1. The summed E-state index contributed by atoms with van der Waals surface area (Å²) in [6.07, 6.45) is 2.42. The Morgan fingerprint density at radius 3 is 2.97 bits per heavy atom. The van der Waals surface area contributed by atoms with Crippen molar-refractivity contribution in [2.45, 2.75) is 26.3 Å². The molecule has 0 saturated heterocycles. The van der Waals surface area contributed by atoms with Crippen molar-refractivity contribution in [3.63, 3.8) is 0 Å². The Bertz CT molecular complexity index is 1110. The summed E-state index contributed by atoms with van der Waals surface area (Å²) >= 11 is 0. The predicted octanol–water partition coefficient (Wildman–Crippen LogP) is 3.09. The summed E-state index contributed by atoms with van der Waals surface area (Å²) in [5.74, 6) is 0.137. The van der Waals surface area contributed by atoms with Crippen LogP contribution in [0.4, 0.5) is 10.1 Å². The number of carbonyl (C=O) groups is 1. The topological polar surface area (TPSA) is 79.1 Å². The second-order valence-corrected chi connectivity index (χ2v) is 7.59. The summed E-state index contributed by atoms with van der Waals surface area (Å²) in [7, 11) is 1.65. The highest BCUT2D eigenvalue weighted by molar-refractivity contribution is 5.96. The van der Waals surface area contributed by atoms with Gasteiger partial charge in [0.25, 0.3) is 5.91 Å². The Morgan fingerprint density at radius 2 is 2.20 bits per heavy atom. The third kappa shape index (κ3) is 3.59. The van der Waals surface area contributed by atoms with Gasteiger partial charge in [-0.15, -0.1) is 0 Å². The van der Waals surface area contributed by atoms with Gasteiger partial charge in [0.15, 0.2) is 5.65 Å². The van der Waals surface area contributed by atoms with E-state index < -0.39 is 0 Å². The van der Waals surface area contributed by atoms with E-state index in [9.17, 15) is 14.3 Å². The number of halogens is 1. The fourth-order valence-corrected chi connectivity index (χ4v) is 3.77. The van der Waals surface area contributed by atoms with Crippen molar-refractivity contribution < 1.29 is 19.0 Å². The maximum atomic E-state index is 13.9. The number of amides is 1. The molecule has 1 aromatic carbocycles. The number of aliphatic hydroxyl groups excluding tert-OH is 1. The lowest BCUT2D eigenvalue weighted by molar-refractivity contribution is 0.0766. The molecule has 1 atom stereocenters. The molecule has 1 aliphatic rings. The summed E-state index contributed by atoms with van der Waals surface area (Å²) in [4.78, 5) is 19.0. The largest absolute Gasteiger partial charge is 0.493 e. The first-order valence-corrected chi connectivity index (χ1v) is 9.93.